The monoisotopic (exact) mass is 389 g/mol. The van der Waals surface area contributed by atoms with E-state index in [0.717, 1.165) is 32.1 Å². The molecule has 152 valence electrons. The Morgan fingerprint density at radius 3 is 2.48 bits per heavy atom. The molecule has 6 atom stereocenters. The number of esters is 1. The van der Waals surface area contributed by atoms with Crippen molar-refractivity contribution in [3.05, 3.63) is 0 Å². The average molecular weight is 389 g/mol. The van der Waals surface area contributed by atoms with Crippen LogP contribution in [0.4, 0.5) is 14.0 Å². The van der Waals surface area contributed by atoms with Crippen LogP contribution in [-0.2, 0) is 23.7 Å². The molecule has 3 N–H and O–H groups in total. The number of ether oxygens (including phenoxy) is 4. The number of carbonyl (C=O) groups is 3. The predicted octanol–water partition coefficient (Wildman–Crippen LogP) is 2.32. The largest absolute Gasteiger partial charge is 0.511 e. The topological polar surface area (TPSA) is 134 Å². The van der Waals surface area contributed by atoms with Gasteiger partial charge in [0, 0.05) is 12.8 Å². The molecule has 0 radical (unpaired) electrons. The van der Waals surface area contributed by atoms with Gasteiger partial charge in [0.1, 0.15) is 6.10 Å². The maximum Gasteiger partial charge on any atom is 0.511 e. The minimum absolute atomic E-state index is 0.0901. The van der Waals surface area contributed by atoms with Crippen molar-refractivity contribution in [2.24, 2.45) is 23.5 Å². The molecule has 3 rings (SSSR count). The standard InChI is InChI=1S/C17H24FNO8/c1-8(25-16(23)26-9-5-3-2-4-6-9)24-14(20)12-10-7-11(18)17(19,13(10)12)27-15(21)22/h8-13H,2-7,19H2,1H3,(H,21,22)/t8?,10-,11-,12-,13-,17+/m0/s1. The summed E-state index contributed by atoms with van der Waals surface area (Å²) in [5.41, 5.74) is 3.68. The number of alkyl halides is 1. The van der Waals surface area contributed by atoms with Crippen molar-refractivity contribution in [1.82, 2.24) is 0 Å². The number of hydrogen-bond donors (Lipinski definition) is 2. The van der Waals surface area contributed by atoms with E-state index >= 15 is 0 Å². The fourth-order valence-corrected chi connectivity index (χ4v) is 4.27. The fraction of sp³-hybridized carbons (Fsp3) is 0.824. The zero-order valence-electron chi connectivity index (χ0n) is 15.0. The summed E-state index contributed by atoms with van der Waals surface area (Å²) in [6.45, 7) is 1.36. The molecule has 0 aromatic rings. The lowest BCUT2D eigenvalue weighted by molar-refractivity contribution is -0.173. The second-order valence-electron chi connectivity index (χ2n) is 7.39. The Hall–Kier alpha value is -2.10. The normalized spacial score (nSPS) is 36.3. The lowest BCUT2D eigenvalue weighted by Gasteiger charge is -2.28. The maximum absolute atomic E-state index is 14.0. The fourth-order valence-electron chi connectivity index (χ4n) is 4.27. The first-order chi connectivity index (χ1) is 12.7. The number of fused-ring (bicyclic) bond motifs is 1. The summed E-state index contributed by atoms with van der Waals surface area (Å²) in [5.74, 6) is -2.78. The molecular formula is C17H24FNO8. The predicted molar refractivity (Wildman–Crippen MR) is 86.0 cm³/mol. The Labute approximate surface area is 155 Å². The number of carboxylic acid groups (broad SMARTS) is 1. The second kappa shape index (κ2) is 7.49. The van der Waals surface area contributed by atoms with E-state index in [1.807, 2.05) is 0 Å². The molecule has 0 heterocycles. The average Bonchev–Trinajstić information content (AvgIpc) is 3.23. The van der Waals surface area contributed by atoms with E-state index in [9.17, 15) is 18.8 Å². The van der Waals surface area contributed by atoms with Crippen molar-refractivity contribution in [1.29, 1.82) is 0 Å². The summed E-state index contributed by atoms with van der Waals surface area (Å²) in [5, 5.41) is 8.74. The van der Waals surface area contributed by atoms with Crippen LogP contribution in [0, 0.1) is 17.8 Å². The summed E-state index contributed by atoms with van der Waals surface area (Å²) in [6.07, 6.45) is -1.13. The molecular weight excluding hydrogens is 365 g/mol. The summed E-state index contributed by atoms with van der Waals surface area (Å²) < 4.78 is 33.6. The molecule has 27 heavy (non-hydrogen) atoms. The molecule has 0 aromatic heterocycles. The van der Waals surface area contributed by atoms with Gasteiger partial charge in [0.05, 0.1) is 5.92 Å². The van der Waals surface area contributed by atoms with E-state index in [1.165, 1.54) is 6.92 Å². The lowest BCUT2D eigenvalue weighted by atomic mass is 9.98. The molecule has 3 saturated carbocycles. The smallest absolute Gasteiger partial charge is 0.450 e. The van der Waals surface area contributed by atoms with Crippen LogP contribution in [-0.4, -0.2) is 47.7 Å². The number of hydrogen-bond acceptors (Lipinski definition) is 8. The highest BCUT2D eigenvalue weighted by molar-refractivity contribution is 5.78. The van der Waals surface area contributed by atoms with Crippen LogP contribution in [0.25, 0.3) is 0 Å². The van der Waals surface area contributed by atoms with Gasteiger partial charge in [-0.1, -0.05) is 6.42 Å². The van der Waals surface area contributed by atoms with Crippen LogP contribution in [0.1, 0.15) is 45.4 Å². The molecule has 3 fully saturated rings. The van der Waals surface area contributed by atoms with Crippen molar-refractivity contribution >= 4 is 18.3 Å². The van der Waals surface area contributed by atoms with Crippen LogP contribution in [0.3, 0.4) is 0 Å². The Morgan fingerprint density at radius 1 is 1.19 bits per heavy atom. The number of halogens is 1. The van der Waals surface area contributed by atoms with Gasteiger partial charge >= 0.3 is 18.3 Å². The van der Waals surface area contributed by atoms with Crippen molar-refractivity contribution in [2.45, 2.75) is 69.7 Å². The van der Waals surface area contributed by atoms with Gasteiger partial charge in [0.15, 0.2) is 6.17 Å². The van der Waals surface area contributed by atoms with Gasteiger partial charge in [-0.25, -0.2) is 14.0 Å². The Bertz CT molecular complexity index is 610. The number of nitrogens with two attached hydrogens (primary N) is 1. The van der Waals surface area contributed by atoms with Crippen molar-refractivity contribution in [3.63, 3.8) is 0 Å². The minimum atomic E-state index is -2.07. The molecule has 3 aliphatic rings. The zero-order valence-corrected chi connectivity index (χ0v) is 15.0. The first-order valence-electron chi connectivity index (χ1n) is 9.15. The molecule has 10 heteroatoms. The van der Waals surface area contributed by atoms with Gasteiger partial charge < -0.3 is 24.1 Å². The van der Waals surface area contributed by atoms with Crippen molar-refractivity contribution < 1.29 is 42.8 Å². The van der Waals surface area contributed by atoms with Crippen LogP contribution >= 0.6 is 0 Å². The summed E-state index contributed by atoms with van der Waals surface area (Å²) in [4.78, 5) is 34.8. The molecule has 0 aromatic carbocycles. The van der Waals surface area contributed by atoms with Crippen LogP contribution < -0.4 is 5.73 Å². The third kappa shape index (κ3) is 4.10. The first-order valence-corrected chi connectivity index (χ1v) is 9.15. The molecule has 0 amide bonds. The molecule has 0 aliphatic heterocycles. The van der Waals surface area contributed by atoms with Crippen LogP contribution in [0.5, 0.6) is 0 Å². The van der Waals surface area contributed by atoms with E-state index < -0.39 is 54.2 Å². The van der Waals surface area contributed by atoms with Gasteiger partial charge in [0.2, 0.25) is 12.0 Å². The number of rotatable bonds is 5. The zero-order chi connectivity index (χ0) is 19.8. The quantitative estimate of drug-likeness (QED) is 0.412. The van der Waals surface area contributed by atoms with E-state index in [-0.39, 0.29) is 12.5 Å². The van der Waals surface area contributed by atoms with Crippen LogP contribution in [0.2, 0.25) is 0 Å². The van der Waals surface area contributed by atoms with E-state index in [4.69, 9.17) is 25.1 Å². The summed E-state index contributed by atoms with van der Waals surface area (Å²) >= 11 is 0. The van der Waals surface area contributed by atoms with Gasteiger partial charge in [-0.05, 0) is 38.0 Å². The van der Waals surface area contributed by atoms with Gasteiger partial charge in [-0.3, -0.25) is 10.5 Å². The second-order valence-corrected chi connectivity index (χ2v) is 7.39. The highest BCUT2D eigenvalue weighted by Crippen LogP contribution is 2.63. The van der Waals surface area contributed by atoms with Crippen LogP contribution in [0.15, 0.2) is 0 Å². The maximum atomic E-state index is 14.0. The first kappa shape index (κ1) is 19.7. The number of carbonyl (C=O) groups excluding carboxylic acids is 2. The third-order valence-corrected chi connectivity index (χ3v) is 5.55. The molecule has 9 nitrogen and oxygen atoms in total. The van der Waals surface area contributed by atoms with E-state index in [1.54, 1.807) is 0 Å². The van der Waals surface area contributed by atoms with Crippen molar-refractivity contribution in [2.75, 3.05) is 0 Å². The molecule has 0 saturated heterocycles. The lowest BCUT2D eigenvalue weighted by Crippen LogP contribution is -2.53. The highest BCUT2D eigenvalue weighted by Gasteiger charge is 2.74. The Balaban J connectivity index is 1.47. The summed E-state index contributed by atoms with van der Waals surface area (Å²) in [7, 11) is 0. The molecule has 0 spiro atoms. The SMILES string of the molecule is CC(OC(=O)OC1CCCCC1)OC(=O)[C@H]1[C@@H]2C[C@H](F)[C@@](N)(OC(=O)O)[C@@H]21. The molecule has 3 aliphatic carbocycles. The Kier molecular flexibility index (Phi) is 5.45. The Morgan fingerprint density at radius 2 is 1.85 bits per heavy atom. The summed E-state index contributed by atoms with van der Waals surface area (Å²) in [6, 6.07) is 0. The third-order valence-electron chi connectivity index (χ3n) is 5.55. The molecule has 0 bridgehead atoms. The van der Waals surface area contributed by atoms with E-state index in [0.29, 0.717) is 0 Å². The van der Waals surface area contributed by atoms with E-state index in [2.05, 4.69) is 4.74 Å². The van der Waals surface area contributed by atoms with Crippen molar-refractivity contribution in [3.8, 4) is 0 Å². The van der Waals surface area contributed by atoms with Gasteiger partial charge in [-0.2, -0.15) is 0 Å². The highest BCUT2D eigenvalue weighted by atomic mass is 19.1. The van der Waals surface area contributed by atoms with Gasteiger partial charge in [0.25, 0.3) is 0 Å². The van der Waals surface area contributed by atoms with Gasteiger partial charge in [-0.15, -0.1) is 0 Å². The molecule has 1 unspecified atom stereocenters. The minimum Gasteiger partial charge on any atom is -0.450 e.